The maximum atomic E-state index is 12.5. The quantitative estimate of drug-likeness (QED) is 0.663. The summed E-state index contributed by atoms with van der Waals surface area (Å²) in [7, 11) is 0. The molecule has 2 heterocycles. The van der Waals surface area contributed by atoms with Crippen LogP contribution in [0.1, 0.15) is 18.4 Å². The van der Waals surface area contributed by atoms with Crippen molar-refractivity contribution in [3.63, 3.8) is 0 Å². The highest BCUT2D eigenvalue weighted by Crippen LogP contribution is 2.26. The number of amides is 2. The molecule has 30 heavy (non-hydrogen) atoms. The Kier molecular flexibility index (Phi) is 7.82. The Balaban J connectivity index is 1.46. The number of hydrogen-bond donors (Lipinski definition) is 2. The first-order chi connectivity index (χ1) is 14.5. The van der Waals surface area contributed by atoms with Crippen LogP contribution in [0.4, 0.5) is 11.5 Å². The van der Waals surface area contributed by atoms with Gasteiger partial charge in [-0.2, -0.15) is 5.26 Å². The number of pyridine rings is 1. The number of nitriles is 1. The van der Waals surface area contributed by atoms with Crippen molar-refractivity contribution in [2.24, 2.45) is 5.92 Å². The lowest BCUT2D eigenvalue weighted by atomic mass is 9.96. The van der Waals surface area contributed by atoms with E-state index in [1.807, 2.05) is 43.3 Å². The zero-order valence-electron chi connectivity index (χ0n) is 16.9. The zero-order valence-corrected chi connectivity index (χ0v) is 17.7. The fourth-order valence-electron chi connectivity index (χ4n) is 3.38. The van der Waals surface area contributed by atoms with Crippen LogP contribution in [0.15, 0.2) is 47.5 Å². The average molecular weight is 424 g/mol. The number of nitrogens with one attached hydrogen (secondary N) is 2. The van der Waals surface area contributed by atoms with E-state index in [1.54, 1.807) is 6.20 Å². The van der Waals surface area contributed by atoms with Crippen molar-refractivity contribution in [2.45, 2.75) is 24.7 Å². The minimum absolute atomic E-state index is 0.0133. The summed E-state index contributed by atoms with van der Waals surface area (Å²) >= 11 is 1.40. The number of hydrogen-bond acceptors (Lipinski definition) is 6. The van der Waals surface area contributed by atoms with Crippen LogP contribution in [0, 0.1) is 24.2 Å². The van der Waals surface area contributed by atoms with Crippen LogP contribution in [0.3, 0.4) is 0 Å². The minimum Gasteiger partial charge on any atom is -0.324 e. The molecule has 1 fully saturated rings. The van der Waals surface area contributed by atoms with Crippen molar-refractivity contribution in [3.05, 3.63) is 48.2 Å². The number of anilines is 2. The normalized spacial score (nSPS) is 14.7. The highest BCUT2D eigenvalue weighted by Gasteiger charge is 2.26. The maximum Gasteiger partial charge on any atom is 0.238 e. The third-order valence-electron chi connectivity index (χ3n) is 4.95. The lowest BCUT2D eigenvalue weighted by Gasteiger charge is -2.30. The van der Waals surface area contributed by atoms with E-state index in [-0.39, 0.29) is 24.3 Å². The standard InChI is InChI=1S/C22H25N5O2S/c1-16-6-10-24-20(14-16)26-22(29)17-7-11-27(12-8-17)15-21(28)25-18-4-2-3-5-19(18)30-13-9-23/h2-6,10,14,17H,7-8,11-13,15H2,1H3,(H,25,28)(H,24,26,29). The summed E-state index contributed by atoms with van der Waals surface area (Å²) in [4.78, 5) is 32.1. The number of piperidine rings is 1. The minimum atomic E-state index is -0.0909. The smallest absolute Gasteiger partial charge is 0.238 e. The Hall–Kier alpha value is -2.89. The van der Waals surface area contributed by atoms with Crippen LogP contribution >= 0.6 is 11.8 Å². The van der Waals surface area contributed by atoms with Crippen molar-refractivity contribution >= 4 is 35.1 Å². The Labute approximate surface area is 180 Å². The van der Waals surface area contributed by atoms with Crippen LogP contribution in [0.2, 0.25) is 0 Å². The van der Waals surface area contributed by atoms with Gasteiger partial charge in [0, 0.05) is 17.0 Å². The van der Waals surface area contributed by atoms with Gasteiger partial charge >= 0.3 is 0 Å². The summed E-state index contributed by atoms with van der Waals surface area (Å²) in [5.74, 6) is 0.734. The van der Waals surface area contributed by atoms with Gasteiger partial charge in [-0.1, -0.05) is 12.1 Å². The summed E-state index contributed by atoms with van der Waals surface area (Å²) in [5.41, 5.74) is 1.77. The molecule has 0 radical (unpaired) electrons. The van der Waals surface area contributed by atoms with Crippen LogP contribution in [0.25, 0.3) is 0 Å². The largest absolute Gasteiger partial charge is 0.324 e. The molecule has 8 heteroatoms. The molecular formula is C22H25N5O2S. The summed E-state index contributed by atoms with van der Waals surface area (Å²) in [6.45, 7) is 3.63. The first-order valence-electron chi connectivity index (χ1n) is 9.89. The maximum absolute atomic E-state index is 12.5. The molecular weight excluding hydrogens is 398 g/mol. The Morgan fingerprint density at radius 3 is 2.73 bits per heavy atom. The summed E-state index contributed by atoms with van der Waals surface area (Å²) < 4.78 is 0. The van der Waals surface area contributed by atoms with Gasteiger partial charge in [0.15, 0.2) is 0 Å². The summed E-state index contributed by atoms with van der Waals surface area (Å²) in [5, 5.41) is 14.6. The third-order valence-corrected chi connectivity index (χ3v) is 5.89. The summed E-state index contributed by atoms with van der Waals surface area (Å²) in [6, 6.07) is 13.3. The van der Waals surface area contributed by atoms with Crippen molar-refractivity contribution in [2.75, 3.05) is 36.0 Å². The molecule has 0 saturated carbocycles. The molecule has 2 amide bonds. The van der Waals surface area contributed by atoms with Gasteiger partial charge in [-0.25, -0.2) is 4.98 Å². The molecule has 1 aliphatic heterocycles. The van der Waals surface area contributed by atoms with Crippen LogP contribution in [-0.2, 0) is 9.59 Å². The van der Waals surface area contributed by atoms with Crippen LogP contribution in [0.5, 0.6) is 0 Å². The predicted octanol–water partition coefficient (Wildman–Crippen LogP) is 3.29. The molecule has 7 nitrogen and oxygen atoms in total. The number of para-hydroxylation sites is 1. The van der Waals surface area contributed by atoms with E-state index in [0.29, 0.717) is 37.5 Å². The molecule has 2 aromatic rings. The predicted molar refractivity (Wildman–Crippen MR) is 118 cm³/mol. The molecule has 0 bridgehead atoms. The van der Waals surface area contributed by atoms with E-state index in [2.05, 4.69) is 26.6 Å². The molecule has 2 N–H and O–H groups in total. The number of aromatic nitrogens is 1. The molecule has 1 aromatic carbocycles. The van der Waals surface area contributed by atoms with Gasteiger partial charge in [-0.3, -0.25) is 14.5 Å². The SMILES string of the molecule is Cc1ccnc(NC(=O)C2CCN(CC(=O)Nc3ccccc3SCC#N)CC2)c1. The number of likely N-dealkylation sites (tertiary alicyclic amines) is 1. The lowest BCUT2D eigenvalue weighted by Crippen LogP contribution is -2.41. The van der Waals surface area contributed by atoms with Gasteiger partial charge in [-0.05, 0) is 62.7 Å². The van der Waals surface area contributed by atoms with Crippen LogP contribution in [-0.4, -0.2) is 47.1 Å². The Morgan fingerprint density at radius 1 is 1.23 bits per heavy atom. The third kappa shape index (κ3) is 6.31. The highest BCUT2D eigenvalue weighted by atomic mass is 32.2. The summed E-state index contributed by atoms with van der Waals surface area (Å²) in [6.07, 6.45) is 3.10. The van der Waals surface area contributed by atoms with Gasteiger partial charge in [-0.15, -0.1) is 11.8 Å². The van der Waals surface area contributed by atoms with E-state index in [1.165, 1.54) is 11.8 Å². The lowest BCUT2D eigenvalue weighted by molar-refractivity contribution is -0.121. The molecule has 0 aliphatic carbocycles. The number of nitrogens with zero attached hydrogens (tertiary/aromatic N) is 3. The molecule has 1 aromatic heterocycles. The number of benzene rings is 1. The first-order valence-corrected chi connectivity index (χ1v) is 10.9. The van der Waals surface area contributed by atoms with Gasteiger partial charge in [0.2, 0.25) is 11.8 Å². The second-order valence-electron chi connectivity index (χ2n) is 7.25. The monoisotopic (exact) mass is 423 g/mol. The van der Waals surface area contributed by atoms with Crippen molar-refractivity contribution in [1.82, 2.24) is 9.88 Å². The number of aryl methyl sites for hydroxylation is 1. The van der Waals surface area contributed by atoms with Crippen molar-refractivity contribution in [1.29, 1.82) is 5.26 Å². The van der Waals surface area contributed by atoms with Crippen LogP contribution < -0.4 is 10.6 Å². The molecule has 0 spiro atoms. The Bertz CT molecular complexity index is 935. The van der Waals surface area contributed by atoms with Gasteiger partial charge < -0.3 is 10.6 Å². The van der Waals surface area contributed by atoms with Gasteiger partial charge in [0.25, 0.3) is 0 Å². The fraction of sp³-hybridized carbons (Fsp3) is 0.364. The van der Waals surface area contributed by atoms with Crippen molar-refractivity contribution < 1.29 is 9.59 Å². The molecule has 1 saturated heterocycles. The van der Waals surface area contributed by atoms with Gasteiger partial charge in [0.1, 0.15) is 5.82 Å². The fourth-order valence-corrected chi connectivity index (χ4v) is 4.05. The van der Waals surface area contributed by atoms with E-state index in [0.717, 1.165) is 16.1 Å². The Morgan fingerprint density at radius 2 is 2.00 bits per heavy atom. The molecule has 0 unspecified atom stereocenters. The highest BCUT2D eigenvalue weighted by molar-refractivity contribution is 7.99. The number of rotatable bonds is 7. The molecule has 156 valence electrons. The van der Waals surface area contributed by atoms with E-state index < -0.39 is 0 Å². The van der Waals surface area contributed by atoms with Gasteiger partial charge in [0.05, 0.1) is 24.1 Å². The number of thioether (sulfide) groups is 1. The topological polar surface area (TPSA) is 98.1 Å². The number of carbonyl (C=O) groups is 2. The average Bonchev–Trinajstić information content (AvgIpc) is 2.73. The first kappa shape index (κ1) is 21.8. The zero-order chi connectivity index (χ0) is 21.3. The van der Waals surface area contributed by atoms with E-state index >= 15 is 0 Å². The molecule has 1 aliphatic rings. The van der Waals surface area contributed by atoms with E-state index in [4.69, 9.17) is 5.26 Å². The number of carbonyl (C=O) groups excluding carboxylic acids is 2. The molecule has 3 rings (SSSR count). The second-order valence-corrected chi connectivity index (χ2v) is 8.27. The van der Waals surface area contributed by atoms with Crippen molar-refractivity contribution in [3.8, 4) is 6.07 Å². The molecule has 0 atom stereocenters. The second kappa shape index (κ2) is 10.8. The van der Waals surface area contributed by atoms with E-state index in [9.17, 15) is 9.59 Å².